The molecule has 0 saturated carbocycles. The minimum Gasteiger partial charge on any atom is -0.398 e. The average molecular weight is 301 g/mol. The molecule has 1 aromatic rings. The molecule has 7 nitrogen and oxygen atoms in total. The first-order valence-corrected chi connectivity index (χ1v) is 7.35. The van der Waals surface area contributed by atoms with Crippen molar-refractivity contribution in [2.24, 2.45) is 5.14 Å². The van der Waals surface area contributed by atoms with Gasteiger partial charge in [0.1, 0.15) is 9.79 Å². The minimum absolute atomic E-state index is 0.232. The van der Waals surface area contributed by atoms with Crippen LogP contribution in [-0.4, -0.2) is 23.9 Å². The van der Waals surface area contributed by atoms with E-state index >= 15 is 0 Å². The van der Waals surface area contributed by atoms with Crippen molar-refractivity contribution >= 4 is 37.4 Å². The summed E-state index contributed by atoms with van der Waals surface area (Å²) in [5.74, 6) is 0. The second-order valence-electron chi connectivity index (χ2n) is 2.99. The standard InChI is InChI=1S/C7H9ClN2O5S2/c1-15-17(13,14)7-3-6(16(10,11)12)4(8)2-5(7)9/h2-3H,9H2,1H3,(H2,10,11,12). The fraction of sp³-hybridized carbons (Fsp3) is 0.143. The van der Waals surface area contributed by atoms with Crippen molar-refractivity contribution in [2.45, 2.75) is 9.79 Å². The van der Waals surface area contributed by atoms with Gasteiger partial charge in [0.2, 0.25) is 10.0 Å². The van der Waals surface area contributed by atoms with E-state index in [-0.39, 0.29) is 10.7 Å². The van der Waals surface area contributed by atoms with Crippen molar-refractivity contribution in [3.63, 3.8) is 0 Å². The average Bonchev–Trinajstić information content (AvgIpc) is 2.15. The van der Waals surface area contributed by atoms with Crippen molar-refractivity contribution in [3.05, 3.63) is 17.2 Å². The lowest BCUT2D eigenvalue weighted by Gasteiger charge is -2.08. The predicted molar refractivity (Wildman–Crippen MR) is 61.4 cm³/mol. The third-order valence-electron chi connectivity index (χ3n) is 1.86. The van der Waals surface area contributed by atoms with E-state index in [4.69, 9.17) is 22.5 Å². The number of hydrogen-bond donors (Lipinski definition) is 2. The quantitative estimate of drug-likeness (QED) is 0.592. The molecule has 0 aliphatic carbocycles. The Morgan fingerprint density at radius 3 is 2.12 bits per heavy atom. The summed E-state index contributed by atoms with van der Waals surface area (Å²) >= 11 is 5.60. The largest absolute Gasteiger partial charge is 0.398 e. The molecule has 17 heavy (non-hydrogen) atoms. The molecule has 0 aliphatic rings. The van der Waals surface area contributed by atoms with Gasteiger partial charge in [0, 0.05) is 0 Å². The Hall–Kier alpha value is -0.870. The summed E-state index contributed by atoms with van der Waals surface area (Å²) in [6.07, 6.45) is 0. The van der Waals surface area contributed by atoms with Gasteiger partial charge in [0.15, 0.2) is 0 Å². The van der Waals surface area contributed by atoms with E-state index in [9.17, 15) is 16.8 Å². The summed E-state index contributed by atoms with van der Waals surface area (Å²) < 4.78 is 49.4. The third kappa shape index (κ3) is 2.87. The number of anilines is 1. The van der Waals surface area contributed by atoms with Crippen molar-refractivity contribution < 1.29 is 21.0 Å². The van der Waals surface area contributed by atoms with Gasteiger partial charge in [-0.2, -0.15) is 8.42 Å². The van der Waals surface area contributed by atoms with Crippen LogP contribution in [0.25, 0.3) is 0 Å². The Morgan fingerprint density at radius 2 is 1.71 bits per heavy atom. The van der Waals surface area contributed by atoms with Crippen LogP contribution in [0.1, 0.15) is 0 Å². The summed E-state index contributed by atoms with van der Waals surface area (Å²) in [4.78, 5) is -1.04. The van der Waals surface area contributed by atoms with Crippen LogP contribution in [-0.2, 0) is 24.3 Å². The molecular weight excluding hydrogens is 292 g/mol. The molecule has 0 bridgehead atoms. The molecule has 0 fully saturated rings. The molecular formula is C7H9ClN2O5S2. The fourth-order valence-corrected chi connectivity index (χ4v) is 3.05. The molecule has 0 heterocycles. The molecule has 96 valence electrons. The molecule has 0 spiro atoms. The van der Waals surface area contributed by atoms with Gasteiger partial charge >= 0.3 is 0 Å². The molecule has 0 aromatic heterocycles. The summed E-state index contributed by atoms with van der Waals surface area (Å²) in [6, 6.07) is 1.74. The molecule has 0 unspecified atom stereocenters. The first-order valence-electron chi connectivity index (χ1n) is 4.02. The number of primary sulfonamides is 1. The smallest absolute Gasteiger partial charge is 0.298 e. The van der Waals surface area contributed by atoms with E-state index in [0.29, 0.717) is 0 Å². The van der Waals surface area contributed by atoms with Gasteiger partial charge in [-0.05, 0) is 12.1 Å². The number of nitrogens with two attached hydrogens (primary N) is 2. The molecule has 10 heteroatoms. The predicted octanol–water partition coefficient (Wildman–Crippen LogP) is -0.0953. The minimum atomic E-state index is -4.15. The second kappa shape index (κ2) is 4.42. The van der Waals surface area contributed by atoms with E-state index in [2.05, 4.69) is 4.18 Å². The molecule has 0 atom stereocenters. The second-order valence-corrected chi connectivity index (χ2v) is 6.60. The zero-order chi connectivity index (χ0) is 13.4. The zero-order valence-corrected chi connectivity index (χ0v) is 10.9. The number of hydrogen-bond acceptors (Lipinski definition) is 6. The molecule has 0 saturated heterocycles. The van der Waals surface area contributed by atoms with Crippen LogP contribution >= 0.6 is 11.6 Å². The maximum atomic E-state index is 11.4. The maximum absolute atomic E-state index is 11.4. The Bertz CT molecular complexity index is 653. The highest BCUT2D eigenvalue weighted by atomic mass is 35.5. The van der Waals surface area contributed by atoms with Crippen molar-refractivity contribution in [2.75, 3.05) is 12.8 Å². The first-order chi connectivity index (χ1) is 7.59. The highest BCUT2D eigenvalue weighted by molar-refractivity contribution is 7.89. The number of nitrogen functional groups attached to an aromatic ring is 1. The van der Waals surface area contributed by atoms with Gasteiger partial charge in [-0.1, -0.05) is 11.6 Å². The van der Waals surface area contributed by atoms with Gasteiger partial charge in [-0.3, -0.25) is 4.18 Å². The lowest BCUT2D eigenvalue weighted by molar-refractivity contribution is 0.398. The van der Waals surface area contributed by atoms with E-state index in [0.717, 1.165) is 19.2 Å². The summed E-state index contributed by atoms with van der Waals surface area (Å²) in [7, 11) is -7.36. The maximum Gasteiger partial charge on any atom is 0.298 e. The van der Waals surface area contributed by atoms with Crippen LogP contribution in [0.2, 0.25) is 5.02 Å². The van der Waals surface area contributed by atoms with Crippen LogP contribution in [0.15, 0.2) is 21.9 Å². The van der Waals surface area contributed by atoms with Crippen LogP contribution in [0, 0.1) is 0 Å². The van der Waals surface area contributed by atoms with Gasteiger partial charge in [-0.25, -0.2) is 13.6 Å². The topological polar surface area (TPSA) is 130 Å². The van der Waals surface area contributed by atoms with Gasteiger partial charge in [-0.15, -0.1) is 0 Å². The third-order valence-corrected chi connectivity index (χ3v) is 4.57. The Kier molecular flexibility index (Phi) is 3.69. The lowest BCUT2D eigenvalue weighted by atomic mass is 10.3. The summed E-state index contributed by atoms with van der Waals surface area (Å²) in [6.45, 7) is 0. The van der Waals surface area contributed by atoms with Crippen molar-refractivity contribution in [1.29, 1.82) is 0 Å². The lowest BCUT2D eigenvalue weighted by Crippen LogP contribution is -2.15. The first kappa shape index (κ1) is 14.2. The summed E-state index contributed by atoms with van der Waals surface area (Å²) in [5, 5.41) is 4.61. The molecule has 4 N–H and O–H groups in total. The molecule has 1 rings (SSSR count). The van der Waals surface area contributed by atoms with Gasteiger partial charge < -0.3 is 5.73 Å². The highest BCUT2D eigenvalue weighted by Gasteiger charge is 2.23. The van der Waals surface area contributed by atoms with E-state index in [1.54, 1.807) is 0 Å². The SMILES string of the molecule is COS(=O)(=O)c1cc(S(N)(=O)=O)c(Cl)cc1N. The number of sulfonamides is 1. The van der Waals surface area contributed by atoms with E-state index in [1.165, 1.54) is 0 Å². The summed E-state index contributed by atoms with van der Waals surface area (Å²) in [5.41, 5.74) is 5.18. The van der Waals surface area contributed by atoms with Crippen molar-refractivity contribution in [3.8, 4) is 0 Å². The van der Waals surface area contributed by atoms with Crippen LogP contribution in [0.4, 0.5) is 5.69 Å². The number of rotatable bonds is 3. The molecule has 0 aliphatic heterocycles. The molecule has 1 aromatic carbocycles. The highest BCUT2D eigenvalue weighted by Crippen LogP contribution is 2.29. The number of benzene rings is 1. The van der Waals surface area contributed by atoms with Crippen LogP contribution in [0.3, 0.4) is 0 Å². The number of halogens is 1. The van der Waals surface area contributed by atoms with Crippen molar-refractivity contribution in [1.82, 2.24) is 0 Å². The monoisotopic (exact) mass is 300 g/mol. The van der Waals surface area contributed by atoms with Crippen LogP contribution < -0.4 is 10.9 Å². The molecule has 0 radical (unpaired) electrons. The van der Waals surface area contributed by atoms with E-state index in [1.807, 2.05) is 0 Å². The fourth-order valence-electron chi connectivity index (χ4n) is 1.07. The van der Waals surface area contributed by atoms with Gasteiger partial charge in [0.05, 0.1) is 17.8 Å². The van der Waals surface area contributed by atoms with Crippen LogP contribution in [0.5, 0.6) is 0 Å². The Labute approximate surface area is 103 Å². The molecule has 0 amide bonds. The zero-order valence-electron chi connectivity index (χ0n) is 8.55. The Balaban J connectivity index is 3.68. The normalized spacial score (nSPS) is 12.6. The van der Waals surface area contributed by atoms with Gasteiger partial charge in [0.25, 0.3) is 10.1 Å². The van der Waals surface area contributed by atoms with E-state index < -0.39 is 29.9 Å². The Morgan fingerprint density at radius 1 is 1.18 bits per heavy atom.